The third-order valence-corrected chi connectivity index (χ3v) is 3.56. The molecule has 0 aliphatic rings. The molecule has 0 spiro atoms. The van der Waals surface area contributed by atoms with Crippen LogP contribution in [0.15, 0.2) is 100 Å². The van der Waals surface area contributed by atoms with Crippen molar-refractivity contribution in [2.75, 3.05) is 0 Å². The molecule has 0 aliphatic heterocycles. The Morgan fingerprint density at radius 3 is 1.96 bits per heavy atom. The first-order valence-electron chi connectivity index (χ1n) is 7.71. The van der Waals surface area contributed by atoms with Gasteiger partial charge in [0, 0.05) is 5.56 Å². The van der Waals surface area contributed by atoms with E-state index in [4.69, 9.17) is 4.42 Å². The first-order chi connectivity index (χ1) is 11.9. The number of benzene rings is 3. The lowest BCUT2D eigenvalue weighted by Gasteiger charge is -1.98. The van der Waals surface area contributed by atoms with Crippen molar-refractivity contribution in [3.63, 3.8) is 0 Å². The Bertz CT molecular complexity index is 987. The van der Waals surface area contributed by atoms with E-state index in [0.29, 0.717) is 11.6 Å². The summed E-state index contributed by atoms with van der Waals surface area (Å²) >= 11 is 0. The predicted octanol–water partition coefficient (Wildman–Crippen LogP) is 4.36. The van der Waals surface area contributed by atoms with Crippen LogP contribution >= 0.6 is 0 Å². The summed E-state index contributed by atoms with van der Waals surface area (Å²) in [5.74, 6) is 0.536. The Hall–Kier alpha value is -3.40. The van der Waals surface area contributed by atoms with Crippen LogP contribution in [0.4, 0.5) is 5.69 Å². The smallest absolute Gasteiger partial charge is 0.325 e. The average molecular weight is 313 g/mol. The Kier molecular flexibility index (Phi) is 3.78. The van der Waals surface area contributed by atoms with Gasteiger partial charge in [-0.2, -0.15) is 9.67 Å². The highest BCUT2D eigenvalue weighted by molar-refractivity contribution is 5.52. The summed E-state index contributed by atoms with van der Waals surface area (Å²) in [5.41, 5.74) is 3.07. The minimum Gasteiger partial charge on any atom is -0.403 e. The molecule has 0 saturated carbocycles. The van der Waals surface area contributed by atoms with E-state index >= 15 is 0 Å². The summed E-state index contributed by atoms with van der Waals surface area (Å²) in [6.45, 7) is 0. The Labute approximate surface area is 139 Å². The van der Waals surface area contributed by atoms with Gasteiger partial charge in [-0.1, -0.05) is 54.6 Å². The molecule has 0 unspecified atom stereocenters. The standard InChI is InChI=1S/C20H15N3O/c1-4-10-16(11-5-1)19-22-23(18-14-8-3-9-15-18)20(24-19)21-17-12-6-2-7-13-17/h1-15H. The van der Waals surface area contributed by atoms with E-state index in [-0.39, 0.29) is 0 Å². The van der Waals surface area contributed by atoms with E-state index in [2.05, 4.69) is 10.1 Å². The van der Waals surface area contributed by atoms with Crippen molar-refractivity contribution in [1.82, 2.24) is 9.78 Å². The zero-order valence-corrected chi connectivity index (χ0v) is 12.9. The summed E-state index contributed by atoms with van der Waals surface area (Å²) in [6.07, 6.45) is 0. The molecule has 0 fully saturated rings. The van der Waals surface area contributed by atoms with Crippen molar-refractivity contribution < 1.29 is 4.42 Å². The zero-order chi connectivity index (χ0) is 16.2. The van der Waals surface area contributed by atoms with Crippen LogP contribution < -0.4 is 5.68 Å². The SMILES string of the molecule is c1ccc(N=c2oc(-c3ccccc3)nn2-c2ccccc2)cc1. The van der Waals surface area contributed by atoms with Gasteiger partial charge in [-0.05, 0) is 36.4 Å². The lowest BCUT2D eigenvalue weighted by Crippen LogP contribution is -2.15. The second-order valence-electron chi connectivity index (χ2n) is 5.25. The van der Waals surface area contributed by atoms with Gasteiger partial charge in [0.05, 0.1) is 11.4 Å². The summed E-state index contributed by atoms with van der Waals surface area (Å²) in [6, 6.07) is 29.4. The maximum atomic E-state index is 5.94. The quantitative estimate of drug-likeness (QED) is 0.564. The number of hydrogen-bond donors (Lipinski definition) is 0. The fraction of sp³-hybridized carbons (Fsp3) is 0. The third kappa shape index (κ3) is 2.90. The van der Waals surface area contributed by atoms with Gasteiger partial charge in [-0.3, -0.25) is 0 Å². The van der Waals surface area contributed by atoms with E-state index in [0.717, 1.165) is 16.9 Å². The molecule has 4 rings (SSSR count). The molecule has 1 heterocycles. The van der Waals surface area contributed by atoms with Crippen LogP contribution in [0.25, 0.3) is 17.1 Å². The average Bonchev–Trinajstić information content (AvgIpc) is 3.08. The van der Waals surface area contributed by atoms with E-state index in [1.165, 1.54) is 0 Å². The third-order valence-electron chi connectivity index (χ3n) is 3.56. The second-order valence-corrected chi connectivity index (χ2v) is 5.25. The number of rotatable bonds is 3. The largest absolute Gasteiger partial charge is 0.403 e. The molecule has 4 heteroatoms. The molecule has 0 bridgehead atoms. The predicted molar refractivity (Wildman–Crippen MR) is 92.9 cm³/mol. The Balaban J connectivity index is 1.91. The zero-order valence-electron chi connectivity index (χ0n) is 12.9. The number of para-hydroxylation sites is 2. The molecule has 116 valence electrons. The normalized spacial score (nSPS) is 11.6. The molecule has 0 amide bonds. The molecule has 0 N–H and O–H groups in total. The van der Waals surface area contributed by atoms with Crippen molar-refractivity contribution in [2.24, 2.45) is 4.99 Å². The molecule has 4 aromatic rings. The van der Waals surface area contributed by atoms with Gasteiger partial charge in [0.2, 0.25) is 5.89 Å². The van der Waals surface area contributed by atoms with Crippen molar-refractivity contribution >= 4 is 5.69 Å². The van der Waals surface area contributed by atoms with Crippen LogP contribution in [-0.4, -0.2) is 9.78 Å². The molecule has 1 aromatic heterocycles. The lowest BCUT2D eigenvalue weighted by molar-refractivity contribution is 0.499. The molecule has 0 saturated heterocycles. The van der Waals surface area contributed by atoms with E-state index in [1.807, 2.05) is 91.0 Å². The van der Waals surface area contributed by atoms with Crippen LogP contribution in [0.3, 0.4) is 0 Å². The highest BCUT2D eigenvalue weighted by atomic mass is 16.4. The molecule has 0 atom stereocenters. The van der Waals surface area contributed by atoms with Crippen LogP contribution in [0, 0.1) is 0 Å². The lowest BCUT2D eigenvalue weighted by atomic mass is 10.2. The maximum Gasteiger partial charge on any atom is 0.325 e. The van der Waals surface area contributed by atoms with Crippen LogP contribution in [-0.2, 0) is 0 Å². The molecule has 4 nitrogen and oxygen atoms in total. The molecular weight excluding hydrogens is 298 g/mol. The summed E-state index contributed by atoms with van der Waals surface area (Å²) in [7, 11) is 0. The Morgan fingerprint density at radius 1 is 0.708 bits per heavy atom. The monoisotopic (exact) mass is 313 g/mol. The van der Waals surface area contributed by atoms with E-state index < -0.39 is 0 Å². The highest BCUT2D eigenvalue weighted by Crippen LogP contribution is 2.17. The fourth-order valence-electron chi connectivity index (χ4n) is 2.40. The summed E-state index contributed by atoms with van der Waals surface area (Å²) in [4.78, 5) is 4.60. The number of nitrogens with zero attached hydrogens (tertiary/aromatic N) is 3. The molecule has 24 heavy (non-hydrogen) atoms. The van der Waals surface area contributed by atoms with E-state index in [1.54, 1.807) is 4.68 Å². The van der Waals surface area contributed by atoms with Gasteiger partial charge in [0.25, 0.3) is 0 Å². The van der Waals surface area contributed by atoms with Crippen molar-refractivity contribution in [3.05, 3.63) is 96.7 Å². The van der Waals surface area contributed by atoms with Crippen molar-refractivity contribution in [3.8, 4) is 17.1 Å². The molecular formula is C20H15N3O. The van der Waals surface area contributed by atoms with Gasteiger partial charge < -0.3 is 4.42 Å². The number of aromatic nitrogens is 2. The van der Waals surface area contributed by atoms with Crippen LogP contribution in [0.2, 0.25) is 0 Å². The minimum absolute atomic E-state index is 0.436. The maximum absolute atomic E-state index is 5.94. The van der Waals surface area contributed by atoms with Gasteiger partial charge in [0.15, 0.2) is 0 Å². The highest BCUT2D eigenvalue weighted by Gasteiger charge is 2.10. The van der Waals surface area contributed by atoms with E-state index in [9.17, 15) is 0 Å². The molecule has 3 aromatic carbocycles. The van der Waals surface area contributed by atoms with Gasteiger partial charge in [0.1, 0.15) is 0 Å². The van der Waals surface area contributed by atoms with Crippen molar-refractivity contribution in [1.29, 1.82) is 0 Å². The minimum atomic E-state index is 0.436. The number of hydrogen-bond acceptors (Lipinski definition) is 3. The first kappa shape index (κ1) is 14.2. The molecule has 0 radical (unpaired) electrons. The second kappa shape index (κ2) is 6.38. The van der Waals surface area contributed by atoms with Crippen LogP contribution in [0.1, 0.15) is 0 Å². The summed E-state index contributed by atoms with van der Waals surface area (Å²) < 4.78 is 7.66. The van der Waals surface area contributed by atoms with Crippen molar-refractivity contribution in [2.45, 2.75) is 0 Å². The molecule has 0 aliphatic carbocycles. The Morgan fingerprint density at radius 2 is 1.29 bits per heavy atom. The van der Waals surface area contributed by atoms with Gasteiger partial charge in [-0.25, -0.2) is 0 Å². The summed E-state index contributed by atoms with van der Waals surface area (Å²) in [5, 5.41) is 4.60. The van der Waals surface area contributed by atoms with Gasteiger partial charge >= 0.3 is 5.68 Å². The van der Waals surface area contributed by atoms with Crippen LogP contribution in [0.5, 0.6) is 0 Å². The van der Waals surface area contributed by atoms with Gasteiger partial charge in [-0.15, -0.1) is 5.10 Å². The fourth-order valence-corrected chi connectivity index (χ4v) is 2.40. The first-order valence-corrected chi connectivity index (χ1v) is 7.71. The topological polar surface area (TPSA) is 43.3 Å².